The first-order valence-electron chi connectivity index (χ1n) is 6.88. The van der Waals surface area contributed by atoms with Crippen molar-refractivity contribution in [2.45, 2.75) is 25.3 Å². The van der Waals surface area contributed by atoms with Crippen LogP contribution in [0.3, 0.4) is 0 Å². The summed E-state index contributed by atoms with van der Waals surface area (Å²) in [6.07, 6.45) is 8.35. The first-order valence-corrected chi connectivity index (χ1v) is 6.88. The summed E-state index contributed by atoms with van der Waals surface area (Å²) >= 11 is 0. The van der Waals surface area contributed by atoms with Gasteiger partial charge in [-0.25, -0.2) is 0 Å². The number of hydrogen-bond donors (Lipinski definition) is 2. The summed E-state index contributed by atoms with van der Waals surface area (Å²) in [4.78, 5) is 11.5. The number of benzene rings is 1. The van der Waals surface area contributed by atoms with E-state index in [1.54, 1.807) is 0 Å². The second-order valence-corrected chi connectivity index (χ2v) is 4.83. The highest BCUT2D eigenvalue weighted by atomic mass is 16.5. The van der Waals surface area contributed by atoms with Crippen molar-refractivity contribution < 1.29 is 9.53 Å². The van der Waals surface area contributed by atoms with E-state index in [1.807, 2.05) is 19.2 Å². The molecule has 0 heterocycles. The maximum Gasteiger partial charge on any atom is 0.258 e. The molecule has 0 aliphatic heterocycles. The Morgan fingerprint density at radius 1 is 1.55 bits per heavy atom. The van der Waals surface area contributed by atoms with Crippen LogP contribution in [-0.2, 0) is 11.2 Å². The van der Waals surface area contributed by atoms with Crippen molar-refractivity contribution in [2.24, 2.45) is 0 Å². The average Bonchev–Trinajstić information content (AvgIpc) is 2.50. The molecule has 4 nitrogen and oxygen atoms in total. The smallest absolute Gasteiger partial charge is 0.258 e. The highest BCUT2D eigenvalue weighted by Crippen LogP contribution is 2.34. The van der Waals surface area contributed by atoms with Crippen molar-refractivity contribution in [3.63, 3.8) is 0 Å². The molecule has 2 N–H and O–H groups in total. The lowest BCUT2D eigenvalue weighted by atomic mass is 9.87. The van der Waals surface area contributed by atoms with Gasteiger partial charge in [-0.1, -0.05) is 18.1 Å². The summed E-state index contributed by atoms with van der Waals surface area (Å²) in [7, 11) is 1.97. The Bertz CT molecular complexity index is 520. The molecule has 1 amide bonds. The van der Waals surface area contributed by atoms with E-state index in [-0.39, 0.29) is 19.1 Å². The van der Waals surface area contributed by atoms with E-state index < -0.39 is 0 Å². The number of fused-ring (bicyclic) bond motifs is 1. The van der Waals surface area contributed by atoms with Gasteiger partial charge in [0.25, 0.3) is 5.91 Å². The van der Waals surface area contributed by atoms with Gasteiger partial charge >= 0.3 is 0 Å². The van der Waals surface area contributed by atoms with Gasteiger partial charge in [-0.3, -0.25) is 4.79 Å². The average molecular weight is 272 g/mol. The third-order valence-electron chi connectivity index (χ3n) is 3.56. The van der Waals surface area contributed by atoms with Crippen LogP contribution >= 0.6 is 0 Å². The van der Waals surface area contributed by atoms with Crippen molar-refractivity contribution in [1.29, 1.82) is 0 Å². The molecule has 4 heteroatoms. The number of ether oxygens (including phenoxy) is 1. The first-order chi connectivity index (χ1) is 9.76. The summed E-state index contributed by atoms with van der Waals surface area (Å²) in [6, 6.07) is 6.40. The molecular weight excluding hydrogens is 252 g/mol. The highest BCUT2D eigenvalue weighted by molar-refractivity contribution is 5.77. The monoisotopic (exact) mass is 272 g/mol. The highest BCUT2D eigenvalue weighted by Gasteiger charge is 2.21. The third kappa shape index (κ3) is 3.31. The van der Waals surface area contributed by atoms with E-state index in [0.29, 0.717) is 6.04 Å². The van der Waals surface area contributed by atoms with Gasteiger partial charge in [0.15, 0.2) is 6.61 Å². The van der Waals surface area contributed by atoms with E-state index >= 15 is 0 Å². The number of nitrogens with one attached hydrogen (secondary N) is 2. The van der Waals surface area contributed by atoms with E-state index in [1.165, 1.54) is 11.1 Å². The molecule has 0 fully saturated rings. The summed E-state index contributed by atoms with van der Waals surface area (Å²) in [5.41, 5.74) is 2.49. The lowest BCUT2D eigenvalue weighted by Crippen LogP contribution is -2.29. The van der Waals surface area contributed by atoms with Crippen molar-refractivity contribution >= 4 is 5.91 Å². The minimum atomic E-state index is -0.193. The maximum absolute atomic E-state index is 11.5. The Kier molecular flexibility index (Phi) is 5.03. The Morgan fingerprint density at radius 2 is 2.40 bits per heavy atom. The van der Waals surface area contributed by atoms with Crippen molar-refractivity contribution in [3.05, 3.63) is 29.3 Å². The summed E-state index contributed by atoms with van der Waals surface area (Å²) in [5.74, 6) is 2.98. The molecule has 0 spiro atoms. The van der Waals surface area contributed by atoms with Crippen molar-refractivity contribution in [2.75, 3.05) is 20.2 Å². The Morgan fingerprint density at radius 3 is 3.15 bits per heavy atom. The Labute approximate surface area is 119 Å². The van der Waals surface area contributed by atoms with Gasteiger partial charge in [-0.15, -0.1) is 6.42 Å². The zero-order chi connectivity index (χ0) is 14.4. The minimum Gasteiger partial charge on any atom is -0.483 e. The normalized spacial score (nSPS) is 16.9. The van der Waals surface area contributed by atoms with Gasteiger partial charge in [0.1, 0.15) is 5.75 Å². The first kappa shape index (κ1) is 14.4. The van der Waals surface area contributed by atoms with Crippen LogP contribution in [0.4, 0.5) is 0 Å². The molecule has 0 aromatic heterocycles. The molecule has 1 unspecified atom stereocenters. The predicted octanol–water partition coefficient (Wildman–Crippen LogP) is 1.41. The summed E-state index contributed by atoms with van der Waals surface area (Å²) in [5, 5.41) is 5.91. The lowest BCUT2D eigenvalue weighted by molar-refractivity contribution is -0.122. The molecule has 0 bridgehead atoms. The van der Waals surface area contributed by atoms with Crippen LogP contribution in [0.2, 0.25) is 0 Å². The Balaban J connectivity index is 2.06. The lowest BCUT2D eigenvalue weighted by Gasteiger charge is -2.26. The summed E-state index contributed by atoms with van der Waals surface area (Å²) < 4.78 is 5.65. The molecule has 106 valence electrons. The number of rotatable bonds is 5. The molecule has 0 radical (unpaired) electrons. The van der Waals surface area contributed by atoms with Crippen molar-refractivity contribution in [3.8, 4) is 18.1 Å². The van der Waals surface area contributed by atoms with E-state index in [0.717, 1.165) is 25.0 Å². The predicted molar refractivity (Wildman–Crippen MR) is 78.5 cm³/mol. The van der Waals surface area contributed by atoms with Crippen LogP contribution in [0.5, 0.6) is 5.75 Å². The number of carbonyl (C=O) groups is 1. The van der Waals surface area contributed by atoms with Crippen molar-refractivity contribution in [1.82, 2.24) is 10.6 Å². The fraction of sp³-hybridized carbons (Fsp3) is 0.438. The largest absolute Gasteiger partial charge is 0.483 e. The van der Waals surface area contributed by atoms with Gasteiger partial charge in [0, 0.05) is 6.04 Å². The molecular formula is C16H20N2O2. The molecule has 2 rings (SSSR count). The molecule has 0 saturated carbocycles. The van der Waals surface area contributed by atoms with Gasteiger partial charge in [-0.05, 0) is 43.5 Å². The topological polar surface area (TPSA) is 50.4 Å². The minimum absolute atomic E-state index is 0.00233. The SMILES string of the molecule is C#CCNC(=O)COc1cccc2c1CCCC2NC. The van der Waals surface area contributed by atoms with Crippen LogP contribution in [0, 0.1) is 12.3 Å². The van der Waals surface area contributed by atoms with Gasteiger partial charge < -0.3 is 15.4 Å². The van der Waals surface area contributed by atoms with Gasteiger partial charge in [0.05, 0.1) is 6.54 Å². The standard InChI is InChI=1S/C16H20N2O2/c1-3-10-18-16(19)11-20-15-9-5-6-12-13(15)7-4-8-14(12)17-2/h1,5-6,9,14,17H,4,7-8,10-11H2,2H3,(H,18,19). The van der Waals surface area contributed by atoms with Crippen LogP contribution in [0.25, 0.3) is 0 Å². The number of hydrogen-bond acceptors (Lipinski definition) is 3. The fourth-order valence-electron chi connectivity index (χ4n) is 2.59. The molecule has 1 atom stereocenters. The van der Waals surface area contributed by atoms with Crippen LogP contribution in [0.15, 0.2) is 18.2 Å². The van der Waals surface area contributed by atoms with E-state index in [9.17, 15) is 4.79 Å². The van der Waals surface area contributed by atoms with E-state index in [4.69, 9.17) is 11.2 Å². The molecule has 1 aliphatic rings. The number of carbonyl (C=O) groups excluding carboxylic acids is 1. The number of amides is 1. The van der Waals surface area contributed by atoms with Crippen LogP contribution in [-0.4, -0.2) is 26.1 Å². The summed E-state index contributed by atoms with van der Waals surface area (Å²) in [6.45, 7) is 0.235. The second-order valence-electron chi connectivity index (χ2n) is 4.83. The third-order valence-corrected chi connectivity index (χ3v) is 3.56. The molecule has 1 aliphatic carbocycles. The molecule has 1 aromatic carbocycles. The van der Waals surface area contributed by atoms with Gasteiger partial charge in [0.2, 0.25) is 0 Å². The molecule has 1 aromatic rings. The quantitative estimate of drug-likeness (QED) is 0.797. The fourth-order valence-corrected chi connectivity index (χ4v) is 2.59. The van der Waals surface area contributed by atoms with Crippen LogP contribution < -0.4 is 15.4 Å². The van der Waals surface area contributed by atoms with E-state index in [2.05, 4.69) is 22.6 Å². The maximum atomic E-state index is 11.5. The molecule has 20 heavy (non-hydrogen) atoms. The zero-order valence-electron chi connectivity index (χ0n) is 11.7. The zero-order valence-corrected chi connectivity index (χ0v) is 11.7. The second kappa shape index (κ2) is 6.97. The van der Waals surface area contributed by atoms with Gasteiger partial charge in [-0.2, -0.15) is 0 Å². The van der Waals surface area contributed by atoms with Crippen LogP contribution in [0.1, 0.15) is 30.0 Å². The Hall–Kier alpha value is -1.99. The number of terminal acetylenes is 1. The molecule has 0 saturated heterocycles.